The molecule has 0 fully saturated rings. The van der Waals surface area contributed by atoms with Crippen LogP contribution in [0.25, 0.3) is 5.57 Å². The third-order valence-electron chi connectivity index (χ3n) is 2.27. The number of allylic oxidation sites excluding steroid dienone is 1. The Morgan fingerprint density at radius 3 is 2.21 bits per heavy atom. The molecule has 0 spiro atoms. The van der Waals surface area contributed by atoms with Crippen molar-refractivity contribution in [1.29, 1.82) is 0 Å². The van der Waals surface area contributed by atoms with Gasteiger partial charge in [-0.2, -0.15) is 0 Å². The first-order valence-corrected chi connectivity index (χ1v) is 4.51. The highest BCUT2D eigenvalue weighted by molar-refractivity contribution is 5.75. The minimum absolute atomic E-state index is 0.450. The van der Waals surface area contributed by atoms with Crippen LogP contribution in [0.2, 0.25) is 0 Å². The quantitative estimate of drug-likeness (QED) is 0.795. The second-order valence-electron chi connectivity index (χ2n) is 3.46. The van der Waals surface area contributed by atoms with Gasteiger partial charge in [0.15, 0.2) is 0 Å². The number of carbonyl (C=O) groups is 1. The monoisotopic (exact) mass is 190 g/mol. The van der Waals surface area contributed by atoms with Gasteiger partial charge in [-0.1, -0.05) is 36.4 Å². The summed E-state index contributed by atoms with van der Waals surface area (Å²) in [5.74, 6) is -1.25. The first-order valence-electron chi connectivity index (χ1n) is 4.51. The van der Waals surface area contributed by atoms with Crippen LogP contribution in [0.4, 0.5) is 0 Å². The van der Waals surface area contributed by atoms with Crippen LogP contribution in [0.1, 0.15) is 30.9 Å². The van der Waals surface area contributed by atoms with Gasteiger partial charge in [-0.3, -0.25) is 4.79 Å². The zero-order valence-electron chi connectivity index (χ0n) is 8.45. The molecule has 0 aromatic heterocycles. The van der Waals surface area contributed by atoms with Crippen LogP contribution < -0.4 is 0 Å². The zero-order valence-corrected chi connectivity index (χ0v) is 8.45. The fraction of sp³-hybridized carbons (Fsp3) is 0.250. The molecule has 1 rings (SSSR count). The van der Waals surface area contributed by atoms with Crippen molar-refractivity contribution >= 4 is 11.5 Å². The Hall–Kier alpha value is -1.57. The van der Waals surface area contributed by atoms with Crippen molar-refractivity contribution < 1.29 is 9.90 Å². The van der Waals surface area contributed by atoms with Gasteiger partial charge in [0.25, 0.3) is 0 Å². The fourth-order valence-electron chi connectivity index (χ4n) is 1.20. The SMILES string of the molecule is C=C(C)c1ccc(C(C)C(=O)O)cc1. The zero-order chi connectivity index (χ0) is 10.7. The molecule has 0 heterocycles. The fourth-order valence-corrected chi connectivity index (χ4v) is 1.20. The Balaban J connectivity index is 2.94. The summed E-state index contributed by atoms with van der Waals surface area (Å²) in [7, 11) is 0. The summed E-state index contributed by atoms with van der Waals surface area (Å²) in [6, 6.07) is 7.47. The largest absolute Gasteiger partial charge is 0.481 e. The lowest BCUT2D eigenvalue weighted by atomic mass is 9.98. The van der Waals surface area contributed by atoms with Gasteiger partial charge in [0.2, 0.25) is 0 Å². The number of hydrogen-bond donors (Lipinski definition) is 1. The van der Waals surface area contributed by atoms with Crippen LogP contribution in [0.5, 0.6) is 0 Å². The van der Waals surface area contributed by atoms with Gasteiger partial charge < -0.3 is 5.11 Å². The highest BCUT2D eigenvalue weighted by Gasteiger charge is 2.12. The van der Waals surface area contributed by atoms with Gasteiger partial charge in [0.05, 0.1) is 5.92 Å². The standard InChI is InChI=1S/C12H14O2/c1-8(2)10-4-6-11(7-5-10)9(3)12(13)14/h4-7,9H,1H2,2-3H3,(H,13,14). The Labute approximate surface area is 83.9 Å². The van der Waals surface area contributed by atoms with Crippen molar-refractivity contribution in [3.8, 4) is 0 Å². The highest BCUT2D eigenvalue weighted by Crippen LogP contribution is 2.18. The molecule has 0 saturated heterocycles. The number of hydrogen-bond acceptors (Lipinski definition) is 1. The molecule has 14 heavy (non-hydrogen) atoms. The molecule has 1 unspecified atom stereocenters. The van der Waals surface area contributed by atoms with Crippen LogP contribution in [0.3, 0.4) is 0 Å². The minimum Gasteiger partial charge on any atom is -0.481 e. The third kappa shape index (κ3) is 2.22. The second kappa shape index (κ2) is 4.09. The Bertz CT molecular complexity index is 349. The van der Waals surface area contributed by atoms with Crippen LogP contribution in [-0.2, 0) is 4.79 Å². The minimum atomic E-state index is -0.798. The molecule has 74 valence electrons. The molecule has 0 radical (unpaired) electrons. The maximum Gasteiger partial charge on any atom is 0.310 e. The van der Waals surface area contributed by atoms with E-state index in [0.29, 0.717) is 0 Å². The highest BCUT2D eigenvalue weighted by atomic mass is 16.4. The smallest absolute Gasteiger partial charge is 0.310 e. The summed E-state index contributed by atoms with van der Waals surface area (Å²) in [4.78, 5) is 10.7. The normalized spacial score (nSPS) is 12.1. The summed E-state index contributed by atoms with van der Waals surface area (Å²) in [5.41, 5.74) is 2.85. The lowest BCUT2D eigenvalue weighted by Crippen LogP contribution is -2.07. The van der Waals surface area contributed by atoms with E-state index in [1.807, 2.05) is 31.2 Å². The lowest BCUT2D eigenvalue weighted by Gasteiger charge is -2.07. The maximum atomic E-state index is 10.7. The number of rotatable bonds is 3. The molecule has 0 amide bonds. The molecule has 1 aromatic rings. The summed E-state index contributed by atoms with van der Waals surface area (Å²) < 4.78 is 0. The number of carboxylic acids is 1. The molecule has 0 saturated carbocycles. The van der Waals surface area contributed by atoms with Crippen molar-refractivity contribution in [2.24, 2.45) is 0 Å². The van der Waals surface area contributed by atoms with Gasteiger partial charge in [-0.25, -0.2) is 0 Å². The molecule has 1 atom stereocenters. The predicted octanol–water partition coefficient (Wildman–Crippen LogP) is 2.91. The van der Waals surface area contributed by atoms with Gasteiger partial charge >= 0.3 is 5.97 Å². The van der Waals surface area contributed by atoms with E-state index in [4.69, 9.17) is 5.11 Å². The van der Waals surface area contributed by atoms with Crippen molar-refractivity contribution in [3.05, 3.63) is 42.0 Å². The van der Waals surface area contributed by atoms with Crippen LogP contribution >= 0.6 is 0 Å². The van der Waals surface area contributed by atoms with E-state index in [1.165, 1.54) is 0 Å². The molecule has 1 aromatic carbocycles. The molecule has 0 aliphatic rings. The molecule has 2 nitrogen and oxygen atoms in total. The summed E-state index contributed by atoms with van der Waals surface area (Å²) in [5, 5.41) is 8.80. The predicted molar refractivity (Wildman–Crippen MR) is 57.2 cm³/mol. The Morgan fingerprint density at radius 2 is 1.86 bits per heavy atom. The Morgan fingerprint density at radius 1 is 1.36 bits per heavy atom. The van der Waals surface area contributed by atoms with E-state index in [-0.39, 0.29) is 0 Å². The average molecular weight is 190 g/mol. The number of benzene rings is 1. The molecule has 1 N–H and O–H groups in total. The van der Waals surface area contributed by atoms with Crippen LogP contribution in [0.15, 0.2) is 30.8 Å². The van der Waals surface area contributed by atoms with Gasteiger partial charge in [-0.05, 0) is 25.0 Å². The maximum absolute atomic E-state index is 10.7. The second-order valence-corrected chi connectivity index (χ2v) is 3.46. The average Bonchev–Trinajstić information content (AvgIpc) is 2.16. The van der Waals surface area contributed by atoms with E-state index in [1.54, 1.807) is 6.92 Å². The molecule has 0 aliphatic heterocycles. The van der Waals surface area contributed by atoms with E-state index in [9.17, 15) is 4.79 Å². The first-order chi connectivity index (χ1) is 6.52. The van der Waals surface area contributed by atoms with Crippen molar-refractivity contribution in [3.63, 3.8) is 0 Å². The van der Waals surface area contributed by atoms with Gasteiger partial charge in [0.1, 0.15) is 0 Å². The van der Waals surface area contributed by atoms with Crippen LogP contribution in [-0.4, -0.2) is 11.1 Å². The van der Waals surface area contributed by atoms with Crippen LogP contribution in [0, 0.1) is 0 Å². The van der Waals surface area contributed by atoms with Crippen molar-refractivity contribution in [2.75, 3.05) is 0 Å². The third-order valence-corrected chi connectivity index (χ3v) is 2.27. The first kappa shape index (κ1) is 10.5. The summed E-state index contributed by atoms with van der Waals surface area (Å²) >= 11 is 0. The van der Waals surface area contributed by atoms with E-state index >= 15 is 0 Å². The molecular weight excluding hydrogens is 176 g/mol. The summed E-state index contributed by atoms with van der Waals surface area (Å²) in [6.07, 6.45) is 0. The van der Waals surface area contributed by atoms with E-state index < -0.39 is 11.9 Å². The van der Waals surface area contributed by atoms with Crippen molar-refractivity contribution in [2.45, 2.75) is 19.8 Å². The molecular formula is C12H14O2. The van der Waals surface area contributed by atoms with Gasteiger partial charge in [0, 0.05) is 0 Å². The van der Waals surface area contributed by atoms with Gasteiger partial charge in [-0.15, -0.1) is 0 Å². The number of aliphatic carboxylic acids is 1. The van der Waals surface area contributed by atoms with E-state index in [2.05, 4.69) is 6.58 Å². The van der Waals surface area contributed by atoms with E-state index in [0.717, 1.165) is 16.7 Å². The molecule has 2 heteroatoms. The summed E-state index contributed by atoms with van der Waals surface area (Å²) in [6.45, 7) is 7.42. The molecule has 0 aliphatic carbocycles. The van der Waals surface area contributed by atoms with Crippen molar-refractivity contribution in [1.82, 2.24) is 0 Å². The lowest BCUT2D eigenvalue weighted by molar-refractivity contribution is -0.138. The Kier molecular flexibility index (Phi) is 3.07. The number of carboxylic acid groups (broad SMARTS) is 1. The molecule has 0 bridgehead atoms. The topological polar surface area (TPSA) is 37.3 Å².